The van der Waals surface area contributed by atoms with Gasteiger partial charge in [-0.3, -0.25) is 0 Å². The number of nitriles is 1. The summed E-state index contributed by atoms with van der Waals surface area (Å²) in [5.74, 6) is -0.565. The molecule has 0 aliphatic heterocycles. The fourth-order valence-electron chi connectivity index (χ4n) is 2.09. The maximum Gasteiger partial charge on any atom is 0.407 e. The van der Waals surface area contributed by atoms with Gasteiger partial charge in [0, 0.05) is 6.54 Å². The molecule has 3 N–H and O–H groups in total. The second-order valence-corrected chi connectivity index (χ2v) is 6.41. The van der Waals surface area contributed by atoms with Gasteiger partial charge in [0.05, 0.1) is 18.6 Å². The lowest BCUT2D eigenvalue weighted by atomic mass is 9.95. The van der Waals surface area contributed by atoms with Crippen LogP contribution in [0.15, 0.2) is 18.2 Å². The first kappa shape index (κ1) is 19.9. The van der Waals surface area contributed by atoms with Crippen LogP contribution in [-0.2, 0) is 11.2 Å². The van der Waals surface area contributed by atoms with Crippen molar-refractivity contribution in [2.24, 2.45) is 0 Å². The van der Waals surface area contributed by atoms with Crippen molar-refractivity contribution >= 4 is 6.09 Å². The van der Waals surface area contributed by atoms with E-state index in [1.165, 1.54) is 12.1 Å². The van der Waals surface area contributed by atoms with Crippen LogP contribution in [0.2, 0.25) is 0 Å². The number of nitrogens with zero attached hydrogens (tertiary/aromatic N) is 1. The van der Waals surface area contributed by atoms with Gasteiger partial charge in [0.2, 0.25) is 0 Å². The van der Waals surface area contributed by atoms with Crippen LogP contribution < -0.4 is 5.32 Å². The normalized spacial score (nSPS) is 13.7. The quantitative estimate of drug-likeness (QED) is 0.738. The second kappa shape index (κ2) is 8.62. The Labute approximate surface area is 140 Å². The maximum atomic E-state index is 13.4. The van der Waals surface area contributed by atoms with Crippen molar-refractivity contribution in [1.82, 2.24) is 5.32 Å². The first-order valence-electron chi connectivity index (χ1n) is 7.62. The molecule has 132 valence electrons. The molecular formula is C17H23FN2O4. The summed E-state index contributed by atoms with van der Waals surface area (Å²) < 4.78 is 18.4. The zero-order chi connectivity index (χ0) is 18.3. The number of aliphatic hydroxyl groups is 2. The van der Waals surface area contributed by atoms with Crippen molar-refractivity contribution in [3.05, 3.63) is 35.1 Å². The van der Waals surface area contributed by atoms with E-state index in [0.717, 1.165) is 6.07 Å². The van der Waals surface area contributed by atoms with Crippen molar-refractivity contribution in [2.45, 2.75) is 51.4 Å². The predicted molar refractivity (Wildman–Crippen MR) is 85.5 cm³/mol. The standard InChI is InChI=1S/C17H23FN2O4/c1-17(2,3)24-16(23)20-9-7-14(21)15(22)13-10-12(18)5-4-11(13)6-8-19/h4-5,10,14-15,21-22H,6-7,9H2,1-3H3,(H,20,23). The van der Waals surface area contributed by atoms with E-state index in [4.69, 9.17) is 10.00 Å². The van der Waals surface area contributed by atoms with E-state index in [0.29, 0.717) is 5.56 Å². The van der Waals surface area contributed by atoms with Gasteiger partial charge in [0.15, 0.2) is 0 Å². The molecule has 0 spiro atoms. The second-order valence-electron chi connectivity index (χ2n) is 6.41. The number of benzene rings is 1. The molecule has 0 aromatic heterocycles. The van der Waals surface area contributed by atoms with Crippen molar-refractivity contribution in [3.63, 3.8) is 0 Å². The van der Waals surface area contributed by atoms with Crippen molar-refractivity contribution in [1.29, 1.82) is 5.26 Å². The summed E-state index contributed by atoms with van der Waals surface area (Å²) >= 11 is 0. The van der Waals surface area contributed by atoms with Gasteiger partial charge < -0.3 is 20.3 Å². The lowest BCUT2D eigenvalue weighted by Crippen LogP contribution is -2.34. The molecule has 2 atom stereocenters. The minimum absolute atomic E-state index is 0.00441. The third-order valence-corrected chi connectivity index (χ3v) is 3.17. The third kappa shape index (κ3) is 6.52. The number of nitrogens with one attached hydrogen (secondary N) is 1. The summed E-state index contributed by atoms with van der Waals surface area (Å²) in [7, 11) is 0. The van der Waals surface area contributed by atoms with E-state index >= 15 is 0 Å². The Morgan fingerprint density at radius 3 is 2.67 bits per heavy atom. The largest absolute Gasteiger partial charge is 0.444 e. The van der Waals surface area contributed by atoms with Crippen LogP contribution in [0.25, 0.3) is 0 Å². The lowest BCUT2D eigenvalue weighted by molar-refractivity contribution is 0.0117. The van der Waals surface area contributed by atoms with Crippen LogP contribution in [0.4, 0.5) is 9.18 Å². The van der Waals surface area contributed by atoms with Gasteiger partial charge >= 0.3 is 6.09 Å². The number of alkyl carbamates (subject to hydrolysis) is 1. The minimum atomic E-state index is -1.36. The van der Waals surface area contributed by atoms with Crippen LogP contribution in [0.3, 0.4) is 0 Å². The summed E-state index contributed by atoms with van der Waals surface area (Å²) in [5.41, 5.74) is -0.0115. The Bertz CT molecular complexity index is 608. The lowest BCUT2D eigenvalue weighted by Gasteiger charge is -2.22. The maximum absolute atomic E-state index is 13.4. The number of carbonyl (C=O) groups excluding carboxylic acids is 1. The third-order valence-electron chi connectivity index (χ3n) is 3.17. The SMILES string of the molecule is CC(C)(C)OC(=O)NCCC(O)C(O)c1cc(F)ccc1CC#N. The molecular weight excluding hydrogens is 315 g/mol. The molecule has 2 unspecified atom stereocenters. The number of halogens is 1. The number of ether oxygens (including phenoxy) is 1. The zero-order valence-electron chi connectivity index (χ0n) is 14.0. The monoisotopic (exact) mass is 338 g/mol. The van der Waals surface area contributed by atoms with E-state index in [-0.39, 0.29) is 24.9 Å². The average Bonchev–Trinajstić information content (AvgIpc) is 2.46. The van der Waals surface area contributed by atoms with E-state index in [1.54, 1.807) is 20.8 Å². The molecule has 6 nitrogen and oxygen atoms in total. The number of amides is 1. The molecule has 7 heteroatoms. The fourth-order valence-corrected chi connectivity index (χ4v) is 2.09. The number of hydrogen-bond donors (Lipinski definition) is 3. The van der Waals surface area contributed by atoms with Crippen molar-refractivity contribution in [3.8, 4) is 6.07 Å². The molecule has 0 fully saturated rings. The van der Waals surface area contributed by atoms with Gasteiger partial charge in [-0.25, -0.2) is 9.18 Å². The Kier molecular flexibility index (Phi) is 7.14. The van der Waals surface area contributed by atoms with E-state index in [2.05, 4.69) is 5.32 Å². The van der Waals surface area contributed by atoms with E-state index in [9.17, 15) is 19.4 Å². The molecule has 0 saturated carbocycles. The van der Waals surface area contributed by atoms with E-state index < -0.39 is 29.7 Å². The molecule has 1 rings (SSSR count). The number of aliphatic hydroxyl groups excluding tert-OH is 2. The Morgan fingerprint density at radius 2 is 2.08 bits per heavy atom. The van der Waals surface area contributed by atoms with Crippen LogP contribution in [0, 0.1) is 17.1 Å². The topological polar surface area (TPSA) is 103 Å². The highest BCUT2D eigenvalue weighted by molar-refractivity contribution is 5.67. The zero-order valence-corrected chi connectivity index (χ0v) is 14.0. The molecule has 0 aliphatic carbocycles. The minimum Gasteiger partial charge on any atom is -0.444 e. The first-order chi connectivity index (χ1) is 11.1. The van der Waals surface area contributed by atoms with E-state index in [1.807, 2.05) is 6.07 Å². The van der Waals surface area contributed by atoms with Gasteiger partial charge in [0.1, 0.15) is 17.5 Å². The molecule has 1 aromatic carbocycles. The summed E-state index contributed by atoms with van der Waals surface area (Å²) in [5, 5.41) is 31.5. The van der Waals surface area contributed by atoms with Gasteiger partial charge in [0.25, 0.3) is 0 Å². The number of rotatable bonds is 6. The highest BCUT2D eigenvalue weighted by Gasteiger charge is 2.22. The number of hydrogen-bond acceptors (Lipinski definition) is 5. The average molecular weight is 338 g/mol. The van der Waals surface area contributed by atoms with Crippen molar-refractivity contribution < 1.29 is 24.1 Å². The van der Waals surface area contributed by atoms with Gasteiger partial charge in [-0.1, -0.05) is 6.07 Å². The van der Waals surface area contributed by atoms with Crippen molar-refractivity contribution in [2.75, 3.05) is 6.54 Å². The Balaban J connectivity index is 2.62. The van der Waals surface area contributed by atoms with Crippen LogP contribution >= 0.6 is 0 Å². The molecule has 0 bridgehead atoms. The van der Waals surface area contributed by atoms with Crippen LogP contribution in [-0.4, -0.2) is 34.6 Å². The summed E-state index contributed by atoms with van der Waals surface area (Å²) in [6, 6.07) is 5.63. The van der Waals surface area contributed by atoms with Crippen LogP contribution in [0.1, 0.15) is 44.4 Å². The molecule has 0 radical (unpaired) electrons. The molecule has 0 aliphatic rings. The summed E-state index contributed by atoms with van der Waals surface area (Å²) in [4.78, 5) is 11.5. The molecule has 1 amide bonds. The molecule has 1 aromatic rings. The van der Waals surface area contributed by atoms with Crippen LogP contribution in [0.5, 0.6) is 0 Å². The highest BCUT2D eigenvalue weighted by atomic mass is 19.1. The van der Waals surface area contributed by atoms with Gasteiger partial charge in [-0.05, 0) is 50.5 Å². The Morgan fingerprint density at radius 1 is 1.42 bits per heavy atom. The van der Waals surface area contributed by atoms with Gasteiger partial charge in [-0.2, -0.15) is 5.26 Å². The first-order valence-corrected chi connectivity index (χ1v) is 7.62. The summed E-state index contributed by atoms with van der Waals surface area (Å²) in [6.45, 7) is 5.26. The molecule has 24 heavy (non-hydrogen) atoms. The van der Waals surface area contributed by atoms with Gasteiger partial charge in [-0.15, -0.1) is 0 Å². The molecule has 0 heterocycles. The highest BCUT2D eigenvalue weighted by Crippen LogP contribution is 2.24. The molecule has 0 saturated heterocycles. The fraction of sp³-hybridized carbons (Fsp3) is 0.529. The summed E-state index contributed by atoms with van der Waals surface area (Å²) in [6.07, 6.45) is -3.16. The number of carbonyl (C=O) groups is 1. The predicted octanol–water partition coefficient (Wildman–Crippen LogP) is 2.20. The Hall–Kier alpha value is -2.17. The smallest absolute Gasteiger partial charge is 0.407 e.